The molecule has 1 aliphatic carbocycles. The lowest BCUT2D eigenvalue weighted by atomic mass is 9.75. The van der Waals surface area contributed by atoms with Gasteiger partial charge < -0.3 is 29.0 Å². The molecule has 0 amide bonds. The van der Waals surface area contributed by atoms with Gasteiger partial charge in [-0.2, -0.15) is 9.97 Å². The molecule has 5 heterocycles. The molecule has 2 aromatic carbocycles. The fourth-order valence-electron chi connectivity index (χ4n) is 8.92. The summed E-state index contributed by atoms with van der Waals surface area (Å²) in [6, 6.07) is 5.93. The number of rotatable bonds is 8. The molecule has 3 saturated heterocycles. The molecular weight excluding hydrogens is 656 g/mol. The minimum atomic E-state index is -0.790. The van der Waals surface area contributed by atoms with Gasteiger partial charge in [0.05, 0.1) is 32.0 Å². The highest BCUT2D eigenvalue weighted by Crippen LogP contribution is 2.49. The summed E-state index contributed by atoms with van der Waals surface area (Å²) in [7, 11) is 1.45. The molecule has 0 spiro atoms. The molecule has 12 heteroatoms. The van der Waals surface area contributed by atoms with Crippen LogP contribution in [0.1, 0.15) is 56.9 Å². The molecule has 0 radical (unpaired) electrons. The number of aromatic hydroxyl groups is 1. The van der Waals surface area contributed by atoms with Crippen molar-refractivity contribution in [2.45, 2.75) is 63.5 Å². The molecule has 268 valence electrons. The molecule has 4 aliphatic rings. The molecule has 3 aliphatic heterocycles. The summed E-state index contributed by atoms with van der Waals surface area (Å²) in [5.74, 6) is 1.33. The number of ether oxygens (including phenoxy) is 4. The summed E-state index contributed by atoms with van der Waals surface area (Å²) in [4.78, 5) is 18.9. The molecule has 2 aromatic heterocycles. The fourth-order valence-corrected chi connectivity index (χ4v) is 8.92. The third-order valence-electron chi connectivity index (χ3n) is 11.2. The number of halogens is 2. The molecule has 1 N–H and O–H groups in total. The zero-order valence-electron chi connectivity index (χ0n) is 28.9. The lowest BCUT2D eigenvalue weighted by Gasteiger charge is -2.46. The van der Waals surface area contributed by atoms with Crippen LogP contribution in [0.15, 0.2) is 24.3 Å². The molecular formula is C39H43F2N5O5. The number of terminal acetylenes is 1. The van der Waals surface area contributed by atoms with Gasteiger partial charge in [0.2, 0.25) is 5.88 Å². The van der Waals surface area contributed by atoms with Crippen LogP contribution in [0.3, 0.4) is 0 Å². The Kier molecular flexibility index (Phi) is 9.29. The number of anilines is 1. The van der Waals surface area contributed by atoms with E-state index < -0.39 is 11.6 Å². The largest absolute Gasteiger partial charge is 0.508 e. The van der Waals surface area contributed by atoms with Gasteiger partial charge >= 0.3 is 6.01 Å². The van der Waals surface area contributed by atoms with E-state index >= 15 is 8.78 Å². The van der Waals surface area contributed by atoms with E-state index in [0.717, 1.165) is 71.1 Å². The Labute approximate surface area is 296 Å². The molecule has 3 atom stereocenters. The normalized spacial score (nSPS) is 24.1. The number of phenols is 1. The van der Waals surface area contributed by atoms with Gasteiger partial charge in [-0.3, -0.25) is 4.90 Å². The zero-order valence-corrected chi connectivity index (χ0v) is 28.9. The van der Waals surface area contributed by atoms with Gasteiger partial charge in [-0.05, 0) is 75.1 Å². The highest BCUT2D eigenvalue weighted by atomic mass is 19.1. The maximum absolute atomic E-state index is 17.2. The van der Waals surface area contributed by atoms with Crippen LogP contribution in [-0.2, 0) is 9.47 Å². The number of hydrogen-bond acceptors (Lipinski definition) is 10. The van der Waals surface area contributed by atoms with E-state index in [0.29, 0.717) is 50.2 Å². The van der Waals surface area contributed by atoms with Crippen LogP contribution in [0.5, 0.6) is 17.6 Å². The summed E-state index contributed by atoms with van der Waals surface area (Å²) >= 11 is 0. The lowest BCUT2D eigenvalue weighted by Crippen LogP contribution is -2.53. The Balaban J connectivity index is 1.24. The predicted molar refractivity (Wildman–Crippen MR) is 189 cm³/mol. The average Bonchev–Trinajstić information content (AvgIpc) is 3.74. The summed E-state index contributed by atoms with van der Waals surface area (Å²) in [6.07, 6.45) is 14.4. The summed E-state index contributed by atoms with van der Waals surface area (Å²) in [6.45, 7) is 5.44. The van der Waals surface area contributed by atoms with Gasteiger partial charge in [0.25, 0.3) is 0 Å². The van der Waals surface area contributed by atoms with E-state index in [4.69, 9.17) is 35.3 Å². The van der Waals surface area contributed by atoms with E-state index in [1.54, 1.807) is 0 Å². The minimum absolute atomic E-state index is 0.0544. The second-order valence-electron chi connectivity index (χ2n) is 14.2. The number of benzene rings is 2. The number of hydrogen-bond donors (Lipinski definition) is 1. The predicted octanol–water partition coefficient (Wildman–Crippen LogP) is 6.24. The van der Waals surface area contributed by atoms with Gasteiger partial charge in [0, 0.05) is 55.3 Å². The number of piperidine rings is 1. The highest BCUT2D eigenvalue weighted by Gasteiger charge is 2.49. The summed E-state index contributed by atoms with van der Waals surface area (Å²) in [5.41, 5.74) is -0.264. The van der Waals surface area contributed by atoms with Gasteiger partial charge in [-0.25, -0.2) is 13.8 Å². The number of nitrogens with zero attached hydrogens (tertiary/aromatic N) is 5. The monoisotopic (exact) mass is 699 g/mol. The van der Waals surface area contributed by atoms with Crippen LogP contribution in [0.25, 0.3) is 32.9 Å². The maximum Gasteiger partial charge on any atom is 0.319 e. The van der Waals surface area contributed by atoms with Crippen LogP contribution < -0.4 is 14.4 Å². The van der Waals surface area contributed by atoms with Crippen LogP contribution in [0, 0.1) is 29.4 Å². The van der Waals surface area contributed by atoms with Gasteiger partial charge in [-0.15, -0.1) is 6.42 Å². The Morgan fingerprint density at radius 2 is 1.88 bits per heavy atom. The third kappa shape index (κ3) is 6.19. The number of pyridine rings is 1. The average molecular weight is 700 g/mol. The first-order valence-corrected chi connectivity index (χ1v) is 18.1. The van der Waals surface area contributed by atoms with Crippen molar-refractivity contribution >= 4 is 27.5 Å². The second-order valence-corrected chi connectivity index (χ2v) is 14.2. The van der Waals surface area contributed by atoms with E-state index in [1.165, 1.54) is 31.4 Å². The molecule has 10 nitrogen and oxygen atoms in total. The molecule has 0 bridgehead atoms. The number of phenolic OH excluding ortho intramolecular Hbond substituents is 1. The van der Waals surface area contributed by atoms with E-state index in [9.17, 15) is 5.11 Å². The molecule has 1 saturated carbocycles. The quantitative estimate of drug-likeness (QED) is 0.213. The van der Waals surface area contributed by atoms with Crippen molar-refractivity contribution in [2.24, 2.45) is 5.41 Å². The number of aromatic nitrogens is 3. The Morgan fingerprint density at radius 3 is 2.71 bits per heavy atom. The fraction of sp³-hybridized carbons (Fsp3) is 0.513. The topological polar surface area (TPSA) is 102 Å². The molecule has 8 rings (SSSR count). The van der Waals surface area contributed by atoms with Crippen LogP contribution in [-0.4, -0.2) is 96.8 Å². The van der Waals surface area contributed by atoms with Crippen molar-refractivity contribution < 1.29 is 32.8 Å². The van der Waals surface area contributed by atoms with E-state index in [2.05, 4.69) is 15.8 Å². The minimum Gasteiger partial charge on any atom is -0.508 e. The third-order valence-corrected chi connectivity index (χ3v) is 11.2. The molecule has 1 unspecified atom stereocenters. The summed E-state index contributed by atoms with van der Waals surface area (Å²) < 4.78 is 56.3. The molecule has 4 aromatic rings. The Morgan fingerprint density at radius 1 is 1.00 bits per heavy atom. The van der Waals surface area contributed by atoms with Gasteiger partial charge in [0.15, 0.2) is 5.82 Å². The van der Waals surface area contributed by atoms with Gasteiger partial charge in [0.1, 0.15) is 34.0 Å². The number of likely N-dealkylation sites (tertiary alicyclic amines) is 1. The van der Waals surface area contributed by atoms with E-state index in [1.807, 2.05) is 4.90 Å². The van der Waals surface area contributed by atoms with Crippen molar-refractivity contribution in [2.75, 3.05) is 64.6 Å². The Bertz CT molecular complexity index is 1990. The van der Waals surface area contributed by atoms with Crippen LogP contribution in [0.2, 0.25) is 0 Å². The molecule has 4 fully saturated rings. The lowest BCUT2D eigenvalue weighted by molar-refractivity contribution is -0.0252. The zero-order chi connectivity index (χ0) is 35.1. The van der Waals surface area contributed by atoms with Gasteiger partial charge in [-0.1, -0.05) is 18.4 Å². The van der Waals surface area contributed by atoms with Crippen LogP contribution >= 0.6 is 0 Å². The maximum atomic E-state index is 17.2. The van der Waals surface area contributed by atoms with Crippen LogP contribution in [0.4, 0.5) is 14.6 Å². The van der Waals surface area contributed by atoms with Crippen molar-refractivity contribution in [1.82, 2.24) is 19.9 Å². The number of methoxy groups -OCH3 is 1. The van der Waals surface area contributed by atoms with Crippen molar-refractivity contribution in [1.29, 1.82) is 0 Å². The first-order valence-electron chi connectivity index (χ1n) is 18.1. The second kappa shape index (κ2) is 14.0. The Hall–Kier alpha value is -4.31. The summed E-state index contributed by atoms with van der Waals surface area (Å²) in [5, 5.41) is 11.7. The standard InChI is InChI=1S/C39H43F2N5O5/c1-3-27-29(40)11-10-24-20-25(47)21-28(31(24)27)34-33(41)35-32(37(42-34)48-2)36(45-15-7-17-49-19-16-45)44-38(43-35)51-23-39-12-4-9-30(39)46(14-6-13-39)22-26-8-5-18-50-26/h1,10-11,20-21,26,30,47H,4-9,12-19,22-23H2,2H3/t26?,30-,39-/m1/s1. The molecule has 51 heavy (non-hydrogen) atoms. The first kappa shape index (κ1) is 33.8. The first-order chi connectivity index (χ1) is 24.9. The van der Waals surface area contributed by atoms with Crippen molar-refractivity contribution in [3.8, 4) is 41.2 Å². The highest BCUT2D eigenvalue weighted by molar-refractivity contribution is 6.04. The SMILES string of the molecule is C#Cc1c(F)ccc2cc(O)cc(-c3nc(OC)c4c(N5CCCOCC5)nc(OC[C@]56CCC[C@H]5N(CC5CCCO5)CCC6)nc4c3F)c12. The van der Waals surface area contributed by atoms with E-state index in [-0.39, 0.29) is 62.3 Å². The van der Waals surface area contributed by atoms with Crippen molar-refractivity contribution in [3.63, 3.8) is 0 Å². The van der Waals surface area contributed by atoms with Crippen molar-refractivity contribution in [3.05, 3.63) is 41.5 Å². The smallest absolute Gasteiger partial charge is 0.319 e. The number of fused-ring (bicyclic) bond motifs is 3.